The fourth-order valence-electron chi connectivity index (χ4n) is 1.72. The van der Waals surface area contributed by atoms with Crippen molar-refractivity contribution in [3.05, 3.63) is 35.6 Å². The van der Waals surface area contributed by atoms with Gasteiger partial charge in [0, 0.05) is 12.6 Å². The third-order valence-electron chi connectivity index (χ3n) is 2.46. The topological polar surface area (TPSA) is 41.1 Å². The Labute approximate surface area is 87.7 Å². The van der Waals surface area contributed by atoms with Crippen LogP contribution in [0.1, 0.15) is 18.5 Å². The van der Waals surface area contributed by atoms with E-state index in [-0.39, 0.29) is 17.8 Å². The van der Waals surface area contributed by atoms with Gasteiger partial charge in [0.25, 0.3) is 0 Å². The summed E-state index contributed by atoms with van der Waals surface area (Å²) in [6, 6.07) is 5.80. The Morgan fingerprint density at radius 2 is 2.27 bits per heavy atom. The average Bonchev–Trinajstić information content (AvgIpc) is 2.17. The molecule has 1 aliphatic heterocycles. The lowest BCUT2D eigenvalue weighted by Crippen LogP contribution is -2.52. The van der Waals surface area contributed by atoms with Gasteiger partial charge in [-0.1, -0.05) is 12.1 Å². The van der Waals surface area contributed by atoms with Crippen LogP contribution in [0.4, 0.5) is 4.39 Å². The normalized spacial score (nSPS) is 26.1. The molecule has 1 heterocycles. The zero-order valence-corrected chi connectivity index (χ0v) is 8.46. The fourth-order valence-corrected chi connectivity index (χ4v) is 1.72. The predicted octanol–water partition coefficient (Wildman–Crippen LogP) is 0.975. The van der Waals surface area contributed by atoms with Crippen LogP contribution in [0.2, 0.25) is 0 Å². The van der Waals surface area contributed by atoms with E-state index in [0.717, 1.165) is 0 Å². The van der Waals surface area contributed by atoms with Gasteiger partial charge in [0.2, 0.25) is 5.91 Å². The van der Waals surface area contributed by atoms with Crippen LogP contribution in [-0.2, 0) is 4.79 Å². The molecule has 1 saturated heterocycles. The molecule has 15 heavy (non-hydrogen) atoms. The Hall–Kier alpha value is -1.42. The maximum Gasteiger partial charge on any atom is 0.241 e. The minimum Gasteiger partial charge on any atom is -0.351 e. The number of benzene rings is 1. The van der Waals surface area contributed by atoms with E-state index in [1.807, 2.05) is 6.92 Å². The molecule has 1 amide bonds. The number of nitrogens with one attached hydrogen (secondary N) is 2. The van der Waals surface area contributed by atoms with Crippen molar-refractivity contribution in [1.29, 1.82) is 0 Å². The minimum atomic E-state index is -0.433. The highest BCUT2D eigenvalue weighted by Crippen LogP contribution is 2.16. The Morgan fingerprint density at radius 1 is 1.47 bits per heavy atom. The summed E-state index contributed by atoms with van der Waals surface area (Å²) in [5, 5.41) is 5.91. The lowest BCUT2D eigenvalue weighted by molar-refractivity contribution is -0.125. The minimum absolute atomic E-state index is 0.0978. The van der Waals surface area contributed by atoms with Crippen LogP contribution in [0, 0.1) is 5.82 Å². The Balaban J connectivity index is 2.20. The number of halogens is 1. The number of carbonyl (C=O) groups is 1. The predicted molar refractivity (Wildman–Crippen MR) is 54.7 cm³/mol. The lowest BCUT2D eigenvalue weighted by atomic mass is 10.0. The second-order valence-electron chi connectivity index (χ2n) is 3.81. The van der Waals surface area contributed by atoms with Crippen LogP contribution >= 0.6 is 0 Å². The molecule has 2 atom stereocenters. The second-order valence-corrected chi connectivity index (χ2v) is 3.81. The molecule has 80 valence electrons. The van der Waals surface area contributed by atoms with Gasteiger partial charge >= 0.3 is 0 Å². The van der Waals surface area contributed by atoms with Gasteiger partial charge in [-0.05, 0) is 24.6 Å². The van der Waals surface area contributed by atoms with Crippen LogP contribution in [0.15, 0.2) is 24.3 Å². The number of hydrogen-bond donors (Lipinski definition) is 2. The van der Waals surface area contributed by atoms with Crippen LogP contribution in [0.3, 0.4) is 0 Å². The molecular weight excluding hydrogens is 195 g/mol. The number of hydrogen-bond acceptors (Lipinski definition) is 2. The van der Waals surface area contributed by atoms with Crippen LogP contribution in [0.5, 0.6) is 0 Å². The highest BCUT2D eigenvalue weighted by Gasteiger charge is 2.26. The molecule has 0 bridgehead atoms. The van der Waals surface area contributed by atoms with Gasteiger partial charge in [0.15, 0.2) is 0 Å². The van der Waals surface area contributed by atoms with Crippen LogP contribution in [-0.4, -0.2) is 18.5 Å². The van der Waals surface area contributed by atoms with E-state index in [4.69, 9.17) is 0 Å². The van der Waals surface area contributed by atoms with Crippen molar-refractivity contribution in [2.75, 3.05) is 6.54 Å². The molecule has 2 N–H and O–H groups in total. The number of amides is 1. The quantitative estimate of drug-likeness (QED) is 0.722. The third kappa shape index (κ3) is 2.15. The highest BCUT2D eigenvalue weighted by atomic mass is 19.1. The first kappa shape index (κ1) is 10.1. The van der Waals surface area contributed by atoms with Gasteiger partial charge < -0.3 is 10.6 Å². The van der Waals surface area contributed by atoms with Crippen molar-refractivity contribution in [2.24, 2.45) is 0 Å². The summed E-state index contributed by atoms with van der Waals surface area (Å²) in [5.41, 5.74) is 0.666. The molecular formula is C11H13FN2O. The monoisotopic (exact) mass is 208 g/mol. The van der Waals surface area contributed by atoms with Gasteiger partial charge in [-0.2, -0.15) is 0 Å². The zero-order valence-electron chi connectivity index (χ0n) is 8.46. The van der Waals surface area contributed by atoms with E-state index >= 15 is 0 Å². The lowest BCUT2D eigenvalue weighted by Gasteiger charge is -2.28. The molecule has 1 aromatic carbocycles. The van der Waals surface area contributed by atoms with Crippen molar-refractivity contribution in [2.45, 2.75) is 19.0 Å². The maximum absolute atomic E-state index is 13.0. The molecule has 0 saturated carbocycles. The van der Waals surface area contributed by atoms with E-state index in [1.54, 1.807) is 12.1 Å². The van der Waals surface area contributed by atoms with Crippen LogP contribution < -0.4 is 10.6 Å². The first-order chi connectivity index (χ1) is 7.16. The molecule has 0 unspecified atom stereocenters. The molecule has 3 nitrogen and oxygen atoms in total. The molecule has 0 aliphatic carbocycles. The first-order valence-electron chi connectivity index (χ1n) is 4.96. The van der Waals surface area contributed by atoms with Gasteiger partial charge in [-0.25, -0.2) is 4.39 Å². The molecule has 1 aromatic rings. The number of piperazine rings is 1. The summed E-state index contributed by atoms with van der Waals surface area (Å²) < 4.78 is 13.0. The van der Waals surface area contributed by atoms with Gasteiger partial charge in [-0.15, -0.1) is 0 Å². The summed E-state index contributed by atoms with van der Waals surface area (Å²) in [4.78, 5) is 11.6. The molecule has 1 fully saturated rings. The van der Waals surface area contributed by atoms with E-state index in [1.165, 1.54) is 12.1 Å². The fraction of sp³-hybridized carbons (Fsp3) is 0.364. The van der Waals surface area contributed by atoms with E-state index in [9.17, 15) is 9.18 Å². The summed E-state index contributed by atoms with van der Waals surface area (Å²) in [6.07, 6.45) is 0. The van der Waals surface area contributed by atoms with Crippen molar-refractivity contribution in [3.63, 3.8) is 0 Å². The summed E-state index contributed by atoms with van der Waals surface area (Å²) in [5.74, 6) is -0.417. The second kappa shape index (κ2) is 3.98. The maximum atomic E-state index is 13.0. The Bertz CT molecular complexity index is 381. The molecule has 0 radical (unpaired) electrons. The van der Waals surface area contributed by atoms with E-state index in [0.29, 0.717) is 12.1 Å². The highest BCUT2D eigenvalue weighted by molar-refractivity contribution is 5.84. The van der Waals surface area contributed by atoms with Crippen molar-refractivity contribution in [1.82, 2.24) is 10.6 Å². The third-order valence-corrected chi connectivity index (χ3v) is 2.46. The van der Waals surface area contributed by atoms with Gasteiger partial charge in [0.05, 0.1) is 0 Å². The van der Waals surface area contributed by atoms with Gasteiger partial charge in [0.1, 0.15) is 11.9 Å². The van der Waals surface area contributed by atoms with E-state index in [2.05, 4.69) is 10.6 Å². The van der Waals surface area contributed by atoms with Gasteiger partial charge in [-0.3, -0.25) is 4.79 Å². The van der Waals surface area contributed by atoms with Crippen LogP contribution in [0.25, 0.3) is 0 Å². The average molecular weight is 208 g/mol. The molecule has 4 heteroatoms. The molecule has 0 aromatic heterocycles. The zero-order chi connectivity index (χ0) is 10.8. The van der Waals surface area contributed by atoms with Crippen molar-refractivity contribution in [3.8, 4) is 0 Å². The number of rotatable bonds is 1. The summed E-state index contributed by atoms with van der Waals surface area (Å²) >= 11 is 0. The SMILES string of the molecule is C[C@@H]1CN[C@H](c2cccc(F)c2)C(=O)N1. The smallest absolute Gasteiger partial charge is 0.241 e. The van der Waals surface area contributed by atoms with Crippen molar-refractivity contribution >= 4 is 5.91 Å². The molecule has 1 aliphatic rings. The standard InChI is InChI=1S/C11H13FN2O/c1-7-6-13-10(11(15)14-7)8-3-2-4-9(12)5-8/h2-5,7,10,13H,6H2,1H3,(H,14,15)/t7-,10-/m1/s1. The molecule has 0 spiro atoms. The number of carbonyl (C=O) groups excluding carboxylic acids is 1. The van der Waals surface area contributed by atoms with E-state index < -0.39 is 6.04 Å². The largest absolute Gasteiger partial charge is 0.351 e. The first-order valence-corrected chi connectivity index (χ1v) is 4.96. The Morgan fingerprint density at radius 3 is 2.93 bits per heavy atom. The summed E-state index contributed by atoms with van der Waals surface area (Å²) in [7, 11) is 0. The summed E-state index contributed by atoms with van der Waals surface area (Å²) in [6.45, 7) is 2.62. The Kier molecular flexibility index (Phi) is 2.68. The molecule has 2 rings (SSSR count). The van der Waals surface area contributed by atoms with Crippen molar-refractivity contribution < 1.29 is 9.18 Å².